The van der Waals surface area contributed by atoms with Gasteiger partial charge in [0, 0.05) is 19.0 Å². The summed E-state index contributed by atoms with van der Waals surface area (Å²) in [6.45, 7) is 2.24. The summed E-state index contributed by atoms with van der Waals surface area (Å²) in [5.41, 5.74) is 6.18. The van der Waals surface area contributed by atoms with Gasteiger partial charge in [0.25, 0.3) is 5.91 Å². The smallest absolute Gasteiger partial charge is 0.263 e. The normalized spacial score (nSPS) is 19.8. The van der Waals surface area contributed by atoms with Gasteiger partial charge in [-0.3, -0.25) is 9.59 Å². The van der Waals surface area contributed by atoms with Crippen molar-refractivity contribution in [3.8, 4) is 0 Å². The van der Waals surface area contributed by atoms with Gasteiger partial charge in [-0.15, -0.1) is 0 Å². The summed E-state index contributed by atoms with van der Waals surface area (Å²) in [4.78, 5) is 27.4. The van der Waals surface area contributed by atoms with E-state index in [1.807, 2.05) is 0 Å². The van der Waals surface area contributed by atoms with E-state index >= 15 is 0 Å². The third kappa shape index (κ3) is 2.73. The average molecular weight is 254 g/mol. The van der Waals surface area contributed by atoms with Gasteiger partial charge in [0.15, 0.2) is 5.13 Å². The molecule has 2 amide bonds. The van der Waals surface area contributed by atoms with Gasteiger partial charge >= 0.3 is 0 Å². The second kappa shape index (κ2) is 4.70. The number of hydrogen-bond donors (Lipinski definition) is 3. The second-order valence-corrected chi connectivity index (χ2v) is 5.01. The number of nitrogen functional groups attached to an aromatic ring is 1. The summed E-state index contributed by atoms with van der Waals surface area (Å²) >= 11 is 1.18. The number of amides is 2. The van der Waals surface area contributed by atoms with Crippen LogP contribution in [0, 0.1) is 6.92 Å². The van der Waals surface area contributed by atoms with Crippen LogP contribution in [0.25, 0.3) is 0 Å². The molecular formula is C10H14N4O2S. The number of hydrogen-bond acceptors (Lipinski definition) is 5. The van der Waals surface area contributed by atoms with E-state index in [0.29, 0.717) is 35.1 Å². The van der Waals surface area contributed by atoms with Crippen molar-refractivity contribution in [1.29, 1.82) is 0 Å². The molecule has 1 saturated heterocycles. The van der Waals surface area contributed by atoms with E-state index < -0.39 is 0 Å². The summed E-state index contributed by atoms with van der Waals surface area (Å²) in [5.74, 6) is -0.133. The Hall–Kier alpha value is -1.63. The highest BCUT2D eigenvalue weighted by Gasteiger charge is 2.22. The monoisotopic (exact) mass is 254 g/mol. The molecule has 0 bridgehead atoms. The fourth-order valence-corrected chi connectivity index (χ4v) is 2.47. The Morgan fingerprint density at radius 3 is 2.94 bits per heavy atom. The minimum absolute atomic E-state index is 0.0112. The predicted octanol–water partition coefficient (Wildman–Crippen LogP) is 0.0421. The average Bonchev–Trinajstić information content (AvgIpc) is 2.61. The number of carbonyl (C=O) groups is 2. The Kier molecular flexibility index (Phi) is 3.28. The molecule has 0 aliphatic carbocycles. The Balaban J connectivity index is 1.97. The van der Waals surface area contributed by atoms with E-state index in [2.05, 4.69) is 15.6 Å². The van der Waals surface area contributed by atoms with Crippen LogP contribution in [0.4, 0.5) is 5.13 Å². The third-order valence-electron chi connectivity index (χ3n) is 2.62. The number of aryl methyl sites for hydroxylation is 1. The standard InChI is InChI=1S/C10H14N4O2S/c1-5-8(17-10(11)13-5)9(16)14-6-2-3-7(15)12-4-6/h6H,2-4H2,1H3,(H2,11,13)(H,12,15)(H,14,16). The molecule has 1 unspecified atom stereocenters. The Morgan fingerprint density at radius 1 is 1.65 bits per heavy atom. The fourth-order valence-electron chi connectivity index (χ4n) is 1.73. The molecule has 1 aliphatic rings. The first-order valence-electron chi connectivity index (χ1n) is 5.36. The van der Waals surface area contributed by atoms with Gasteiger partial charge in [-0.05, 0) is 13.3 Å². The molecule has 17 heavy (non-hydrogen) atoms. The van der Waals surface area contributed by atoms with Crippen molar-refractivity contribution >= 4 is 28.3 Å². The first kappa shape index (κ1) is 11.8. The molecule has 2 rings (SSSR count). The highest BCUT2D eigenvalue weighted by Crippen LogP contribution is 2.19. The van der Waals surface area contributed by atoms with E-state index in [9.17, 15) is 9.59 Å². The van der Waals surface area contributed by atoms with Crippen LogP contribution >= 0.6 is 11.3 Å². The molecule has 1 fully saturated rings. The quantitative estimate of drug-likeness (QED) is 0.694. The first-order valence-corrected chi connectivity index (χ1v) is 6.18. The minimum atomic E-state index is -0.169. The Morgan fingerprint density at radius 2 is 2.41 bits per heavy atom. The molecular weight excluding hydrogens is 240 g/mol. The molecule has 0 aromatic carbocycles. The first-order chi connectivity index (χ1) is 8.06. The zero-order valence-corrected chi connectivity index (χ0v) is 10.3. The van der Waals surface area contributed by atoms with Crippen LogP contribution in [0.3, 0.4) is 0 Å². The fraction of sp³-hybridized carbons (Fsp3) is 0.500. The molecule has 7 heteroatoms. The van der Waals surface area contributed by atoms with Crippen LogP contribution in [-0.2, 0) is 4.79 Å². The zero-order chi connectivity index (χ0) is 12.4. The molecule has 1 aromatic heterocycles. The maximum absolute atomic E-state index is 11.9. The van der Waals surface area contributed by atoms with Crippen molar-refractivity contribution in [2.45, 2.75) is 25.8 Å². The summed E-state index contributed by atoms with van der Waals surface area (Å²) in [6, 6.07) is -0.0112. The van der Waals surface area contributed by atoms with Crippen molar-refractivity contribution < 1.29 is 9.59 Å². The van der Waals surface area contributed by atoms with Crippen LogP contribution in [0.2, 0.25) is 0 Å². The molecule has 0 spiro atoms. The largest absolute Gasteiger partial charge is 0.375 e. The Labute approximate surface area is 103 Å². The maximum Gasteiger partial charge on any atom is 0.263 e. The van der Waals surface area contributed by atoms with E-state index in [1.165, 1.54) is 11.3 Å². The number of nitrogens with one attached hydrogen (secondary N) is 2. The van der Waals surface area contributed by atoms with Gasteiger partial charge in [-0.2, -0.15) is 0 Å². The van der Waals surface area contributed by atoms with Crippen LogP contribution < -0.4 is 16.4 Å². The van der Waals surface area contributed by atoms with Crippen LogP contribution in [0.5, 0.6) is 0 Å². The number of piperidine rings is 1. The lowest BCUT2D eigenvalue weighted by atomic mass is 10.1. The van der Waals surface area contributed by atoms with Gasteiger partial charge < -0.3 is 16.4 Å². The van der Waals surface area contributed by atoms with Gasteiger partial charge in [-0.1, -0.05) is 11.3 Å². The van der Waals surface area contributed by atoms with Crippen molar-refractivity contribution in [1.82, 2.24) is 15.6 Å². The van der Waals surface area contributed by atoms with Crippen molar-refractivity contribution in [3.63, 3.8) is 0 Å². The number of anilines is 1. The Bertz CT molecular complexity index is 447. The van der Waals surface area contributed by atoms with Crippen LogP contribution in [0.15, 0.2) is 0 Å². The molecule has 4 N–H and O–H groups in total. The van der Waals surface area contributed by atoms with Crippen LogP contribution in [0.1, 0.15) is 28.2 Å². The number of rotatable bonds is 2. The number of nitrogens with zero attached hydrogens (tertiary/aromatic N) is 1. The van der Waals surface area contributed by atoms with Gasteiger partial charge in [-0.25, -0.2) is 4.98 Å². The number of aromatic nitrogens is 1. The van der Waals surface area contributed by atoms with Gasteiger partial charge in [0.2, 0.25) is 5.91 Å². The SMILES string of the molecule is Cc1nc(N)sc1C(=O)NC1CCC(=O)NC1. The van der Waals surface area contributed by atoms with E-state index in [-0.39, 0.29) is 17.9 Å². The molecule has 0 saturated carbocycles. The highest BCUT2D eigenvalue weighted by atomic mass is 32.1. The maximum atomic E-state index is 11.9. The summed E-state index contributed by atoms with van der Waals surface area (Å²) < 4.78 is 0. The predicted molar refractivity (Wildman–Crippen MR) is 64.8 cm³/mol. The van der Waals surface area contributed by atoms with Crippen molar-refractivity contribution in [2.24, 2.45) is 0 Å². The van der Waals surface area contributed by atoms with Crippen LogP contribution in [-0.4, -0.2) is 29.4 Å². The summed E-state index contributed by atoms with van der Waals surface area (Å²) in [6.07, 6.45) is 1.12. The number of thiazole rings is 1. The molecule has 1 aromatic rings. The second-order valence-electron chi connectivity index (χ2n) is 3.98. The van der Waals surface area contributed by atoms with E-state index in [0.717, 1.165) is 0 Å². The van der Waals surface area contributed by atoms with Crippen molar-refractivity contribution in [3.05, 3.63) is 10.6 Å². The summed E-state index contributed by atoms with van der Waals surface area (Å²) in [5, 5.41) is 5.98. The summed E-state index contributed by atoms with van der Waals surface area (Å²) in [7, 11) is 0. The third-order valence-corrected chi connectivity index (χ3v) is 3.61. The molecule has 92 valence electrons. The number of nitrogens with two attached hydrogens (primary N) is 1. The van der Waals surface area contributed by atoms with E-state index in [1.54, 1.807) is 6.92 Å². The minimum Gasteiger partial charge on any atom is -0.375 e. The van der Waals surface area contributed by atoms with E-state index in [4.69, 9.17) is 5.73 Å². The number of carbonyl (C=O) groups excluding carboxylic acids is 2. The molecule has 0 radical (unpaired) electrons. The molecule has 1 atom stereocenters. The van der Waals surface area contributed by atoms with Gasteiger partial charge in [0.05, 0.1) is 5.69 Å². The molecule has 6 nitrogen and oxygen atoms in total. The van der Waals surface area contributed by atoms with Gasteiger partial charge in [0.1, 0.15) is 4.88 Å². The highest BCUT2D eigenvalue weighted by molar-refractivity contribution is 7.17. The lowest BCUT2D eigenvalue weighted by Gasteiger charge is -2.23. The molecule has 1 aliphatic heterocycles. The van der Waals surface area contributed by atoms with Crippen molar-refractivity contribution in [2.75, 3.05) is 12.3 Å². The lowest BCUT2D eigenvalue weighted by molar-refractivity contribution is -0.122. The zero-order valence-electron chi connectivity index (χ0n) is 9.45. The molecule has 2 heterocycles. The lowest BCUT2D eigenvalue weighted by Crippen LogP contribution is -2.47. The topological polar surface area (TPSA) is 97.1 Å².